The fourth-order valence-corrected chi connectivity index (χ4v) is 3.28. The minimum absolute atomic E-state index is 0.0334. The molecule has 1 aromatic carbocycles. The van der Waals surface area contributed by atoms with E-state index in [9.17, 15) is 14.9 Å². The molecule has 2 aromatic heterocycles. The molecule has 3 aromatic rings. The van der Waals surface area contributed by atoms with Gasteiger partial charge in [-0.05, 0) is 26.0 Å². The first kappa shape index (κ1) is 18.6. The number of aryl methyl sites for hydroxylation is 1. The highest BCUT2D eigenvalue weighted by Crippen LogP contribution is 2.27. The highest BCUT2D eigenvalue weighted by molar-refractivity contribution is 7.99. The van der Waals surface area contributed by atoms with E-state index in [1.807, 2.05) is 20.0 Å². The second-order valence-electron chi connectivity index (χ2n) is 5.80. The summed E-state index contributed by atoms with van der Waals surface area (Å²) in [5.74, 6) is 1.20. The number of furan rings is 1. The van der Waals surface area contributed by atoms with E-state index in [2.05, 4.69) is 15.5 Å². The number of rotatable bonds is 6. The minimum Gasteiger partial charge on any atom is -0.469 e. The molecule has 1 amide bonds. The molecular weight excluding hydrogens is 370 g/mol. The standard InChI is InChI=1S/C17H17N5O4S/c1-10-13(5-4-6-14(10)22(24)25)18-15(23)9-27-17-20-19-16(21(17)3)12-7-8-26-11(12)2/h4-8H,9H2,1-3H3,(H,18,23). The van der Waals surface area contributed by atoms with Crippen LogP contribution in [0.3, 0.4) is 0 Å². The number of nitro groups is 1. The van der Waals surface area contributed by atoms with E-state index in [-0.39, 0.29) is 17.3 Å². The second kappa shape index (κ2) is 7.62. The molecular formula is C17H17N5O4S. The van der Waals surface area contributed by atoms with Crippen LogP contribution in [0.1, 0.15) is 11.3 Å². The van der Waals surface area contributed by atoms with Gasteiger partial charge in [-0.1, -0.05) is 17.8 Å². The average molecular weight is 387 g/mol. The normalized spacial score (nSPS) is 10.8. The van der Waals surface area contributed by atoms with Crippen LogP contribution in [0.25, 0.3) is 11.4 Å². The van der Waals surface area contributed by atoms with Crippen LogP contribution in [0.15, 0.2) is 40.1 Å². The van der Waals surface area contributed by atoms with E-state index in [0.717, 1.165) is 11.3 Å². The quantitative estimate of drug-likeness (QED) is 0.392. The summed E-state index contributed by atoms with van der Waals surface area (Å²) in [5.41, 5.74) is 1.64. The third-order valence-electron chi connectivity index (χ3n) is 4.04. The molecule has 9 nitrogen and oxygen atoms in total. The maximum atomic E-state index is 12.2. The molecule has 140 valence electrons. The van der Waals surface area contributed by atoms with Gasteiger partial charge in [-0.25, -0.2) is 0 Å². The van der Waals surface area contributed by atoms with E-state index < -0.39 is 4.92 Å². The van der Waals surface area contributed by atoms with Crippen molar-refractivity contribution in [2.75, 3.05) is 11.1 Å². The van der Waals surface area contributed by atoms with Gasteiger partial charge in [0.15, 0.2) is 11.0 Å². The monoisotopic (exact) mass is 387 g/mol. The third-order valence-corrected chi connectivity index (χ3v) is 5.06. The molecule has 10 heteroatoms. The number of carbonyl (C=O) groups is 1. The molecule has 0 unspecified atom stereocenters. The fourth-order valence-electron chi connectivity index (χ4n) is 2.57. The van der Waals surface area contributed by atoms with Gasteiger partial charge in [0.1, 0.15) is 5.76 Å². The van der Waals surface area contributed by atoms with Crippen molar-refractivity contribution < 1.29 is 14.1 Å². The Morgan fingerprint density at radius 2 is 2.11 bits per heavy atom. The Morgan fingerprint density at radius 1 is 1.33 bits per heavy atom. The predicted octanol–water partition coefficient (Wildman–Crippen LogP) is 3.33. The first-order valence-corrected chi connectivity index (χ1v) is 8.97. The number of hydrogen-bond donors (Lipinski definition) is 1. The van der Waals surface area contributed by atoms with Crippen LogP contribution < -0.4 is 5.32 Å². The number of hydrogen-bond acceptors (Lipinski definition) is 7. The van der Waals surface area contributed by atoms with Crippen LogP contribution in [0.5, 0.6) is 0 Å². The first-order valence-electron chi connectivity index (χ1n) is 7.99. The molecule has 0 atom stereocenters. The van der Waals surface area contributed by atoms with Gasteiger partial charge in [0.2, 0.25) is 5.91 Å². The van der Waals surface area contributed by atoms with Crippen LogP contribution in [0.4, 0.5) is 11.4 Å². The van der Waals surface area contributed by atoms with Crippen molar-refractivity contribution >= 4 is 29.0 Å². The summed E-state index contributed by atoms with van der Waals surface area (Å²) in [4.78, 5) is 22.8. The summed E-state index contributed by atoms with van der Waals surface area (Å²) >= 11 is 1.23. The molecule has 3 rings (SSSR count). The van der Waals surface area contributed by atoms with Gasteiger partial charge in [0.05, 0.1) is 33.8 Å². The van der Waals surface area contributed by atoms with Gasteiger partial charge < -0.3 is 14.3 Å². The van der Waals surface area contributed by atoms with Gasteiger partial charge in [0.25, 0.3) is 5.69 Å². The fraction of sp³-hybridized carbons (Fsp3) is 0.235. The van der Waals surface area contributed by atoms with Crippen molar-refractivity contribution in [3.63, 3.8) is 0 Å². The summed E-state index contributed by atoms with van der Waals surface area (Å²) in [5, 5.41) is 22.5. The zero-order valence-corrected chi connectivity index (χ0v) is 15.7. The van der Waals surface area contributed by atoms with E-state index >= 15 is 0 Å². The molecule has 0 spiro atoms. The SMILES string of the molecule is Cc1occc1-c1nnc(SCC(=O)Nc2cccc([N+](=O)[O-])c2C)n1C. The Balaban J connectivity index is 1.67. The van der Waals surface area contributed by atoms with Crippen molar-refractivity contribution in [2.24, 2.45) is 7.05 Å². The molecule has 0 radical (unpaired) electrons. The number of nitro benzene ring substituents is 1. The Hall–Kier alpha value is -3.14. The molecule has 0 fully saturated rings. The lowest BCUT2D eigenvalue weighted by Crippen LogP contribution is -2.15. The maximum Gasteiger partial charge on any atom is 0.274 e. The number of thioether (sulfide) groups is 1. The highest BCUT2D eigenvalue weighted by atomic mass is 32.2. The average Bonchev–Trinajstić information content (AvgIpc) is 3.20. The maximum absolute atomic E-state index is 12.2. The van der Waals surface area contributed by atoms with Crippen LogP contribution in [-0.2, 0) is 11.8 Å². The molecule has 0 aliphatic carbocycles. The molecule has 0 aliphatic heterocycles. The summed E-state index contributed by atoms with van der Waals surface area (Å²) in [7, 11) is 1.81. The number of carbonyl (C=O) groups excluding carboxylic acids is 1. The van der Waals surface area contributed by atoms with Crippen LogP contribution >= 0.6 is 11.8 Å². The lowest BCUT2D eigenvalue weighted by Gasteiger charge is -2.08. The molecule has 0 saturated carbocycles. The second-order valence-corrected chi connectivity index (χ2v) is 6.74. The summed E-state index contributed by atoms with van der Waals surface area (Å²) in [6.07, 6.45) is 1.58. The molecule has 0 bridgehead atoms. The van der Waals surface area contributed by atoms with Crippen LogP contribution in [0.2, 0.25) is 0 Å². The zero-order chi connectivity index (χ0) is 19.6. The summed E-state index contributed by atoms with van der Waals surface area (Å²) < 4.78 is 7.07. The lowest BCUT2D eigenvalue weighted by atomic mass is 10.1. The molecule has 1 N–H and O–H groups in total. The topological polar surface area (TPSA) is 116 Å². The largest absolute Gasteiger partial charge is 0.469 e. The molecule has 2 heterocycles. The van der Waals surface area contributed by atoms with E-state index in [1.165, 1.54) is 23.9 Å². The Bertz CT molecular complexity index is 1010. The molecule has 27 heavy (non-hydrogen) atoms. The van der Waals surface area contributed by atoms with Crippen molar-refractivity contribution in [1.29, 1.82) is 0 Å². The predicted molar refractivity (Wildman–Crippen MR) is 101 cm³/mol. The summed E-state index contributed by atoms with van der Waals surface area (Å²) in [6, 6.07) is 6.38. The van der Waals surface area contributed by atoms with Crippen molar-refractivity contribution in [3.8, 4) is 11.4 Å². The van der Waals surface area contributed by atoms with Gasteiger partial charge in [-0.3, -0.25) is 14.9 Å². The van der Waals surface area contributed by atoms with E-state index in [0.29, 0.717) is 22.2 Å². The van der Waals surface area contributed by atoms with Gasteiger partial charge in [-0.2, -0.15) is 0 Å². The highest BCUT2D eigenvalue weighted by Gasteiger charge is 2.17. The lowest BCUT2D eigenvalue weighted by molar-refractivity contribution is -0.385. The third kappa shape index (κ3) is 3.85. The smallest absolute Gasteiger partial charge is 0.274 e. The molecule has 0 aliphatic rings. The number of anilines is 1. The number of nitrogens with zero attached hydrogens (tertiary/aromatic N) is 4. The van der Waals surface area contributed by atoms with Gasteiger partial charge in [-0.15, -0.1) is 10.2 Å². The zero-order valence-electron chi connectivity index (χ0n) is 14.9. The number of aromatic nitrogens is 3. The van der Waals surface area contributed by atoms with Crippen molar-refractivity contribution in [1.82, 2.24) is 14.8 Å². The van der Waals surface area contributed by atoms with Crippen molar-refractivity contribution in [2.45, 2.75) is 19.0 Å². The van der Waals surface area contributed by atoms with E-state index in [4.69, 9.17) is 4.42 Å². The van der Waals surface area contributed by atoms with Crippen LogP contribution in [-0.4, -0.2) is 31.3 Å². The Labute approximate surface area is 158 Å². The Kier molecular flexibility index (Phi) is 5.26. The molecule has 0 saturated heterocycles. The Morgan fingerprint density at radius 3 is 2.78 bits per heavy atom. The number of nitrogens with one attached hydrogen (secondary N) is 1. The summed E-state index contributed by atoms with van der Waals surface area (Å²) in [6.45, 7) is 3.44. The van der Waals surface area contributed by atoms with Gasteiger partial charge in [0, 0.05) is 13.1 Å². The minimum atomic E-state index is -0.474. The number of amides is 1. The van der Waals surface area contributed by atoms with Crippen LogP contribution in [0, 0.1) is 24.0 Å². The van der Waals surface area contributed by atoms with Crippen molar-refractivity contribution in [3.05, 3.63) is 52.0 Å². The number of benzene rings is 1. The van der Waals surface area contributed by atoms with E-state index in [1.54, 1.807) is 23.8 Å². The van der Waals surface area contributed by atoms with Gasteiger partial charge >= 0.3 is 0 Å². The first-order chi connectivity index (χ1) is 12.9.